The van der Waals surface area contributed by atoms with E-state index in [1.54, 1.807) is 0 Å². The summed E-state index contributed by atoms with van der Waals surface area (Å²) >= 11 is 1.40. The highest BCUT2D eigenvalue weighted by atomic mass is 32.2. The van der Waals surface area contributed by atoms with Crippen LogP contribution >= 0.6 is 11.8 Å². The molecule has 1 aliphatic carbocycles. The number of carbonyl (C=O) groups excluding carboxylic acids is 1. The minimum Gasteiger partial charge on any atom is -0.343 e. The number of allylic oxidation sites excluding steroid dienone is 2. The third-order valence-electron chi connectivity index (χ3n) is 4.84. The van der Waals surface area contributed by atoms with Crippen molar-refractivity contribution in [3.8, 4) is 0 Å². The lowest BCUT2D eigenvalue weighted by atomic mass is 9.76. The zero-order valence-corrected chi connectivity index (χ0v) is 15.0. The quantitative estimate of drug-likeness (QED) is 0.640. The van der Waals surface area contributed by atoms with Crippen LogP contribution in [0.5, 0.6) is 0 Å². The molecular formula is C19H19N3O2S. The largest absolute Gasteiger partial charge is 0.343 e. The molecule has 1 atom stereocenters. The second-order valence-corrected chi connectivity index (χ2v) is 7.27. The van der Waals surface area contributed by atoms with Gasteiger partial charge in [0.05, 0.1) is 5.56 Å². The molecule has 0 radical (unpaired) electrons. The van der Waals surface area contributed by atoms with E-state index in [1.807, 2.05) is 37.4 Å². The highest BCUT2D eigenvalue weighted by Gasteiger charge is 2.37. The lowest BCUT2D eigenvalue weighted by Gasteiger charge is -2.32. The molecule has 2 heterocycles. The van der Waals surface area contributed by atoms with Crippen LogP contribution in [0.1, 0.15) is 41.9 Å². The van der Waals surface area contributed by atoms with E-state index >= 15 is 0 Å². The van der Waals surface area contributed by atoms with Crippen LogP contribution in [0.4, 0.5) is 5.82 Å². The SMILES string of the molecule is CSc1nc2c(c(=O)[nH]1)[C@@H](c1ccc(C)cc1)C1=C(CCCC1=O)N2. The molecule has 0 unspecified atom stereocenters. The molecule has 0 fully saturated rings. The normalized spacial score (nSPS) is 19.3. The summed E-state index contributed by atoms with van der Waals surface area (Å²) in [5, 5.41) is 3.84. The molecule has 0 spiro atoms. The van der Waals surface area contributed by atoms with Crippen molar-refractivity contribution >= 4 is 23.4 Å². The van der Waals surface area contributed by atoms with E-state index in [9.17, 15) is 9.59 Å². The number of nitrogens with one attached hydrogen (secondary N) is 2. The Morgan fingerprint density at radius 1 is 1.16 bits per heavy atom. The summed E-state index contributed by atoms with van der Waals surface area (Å²) in [5.41, 5.74) is 4.10. The van der Waals surface area contributed by atoms with E-state index in [1.165, 1.54) is 11.8 Å². The van der Waals surface area contributed by atoms with Crippen molar-refractivity contribution in [2.45, 2.75) is 37.3 Å². The number of aryl methyl sites for hydroxylation is 1. The Hall–Kier alpha value is -2.34. The topological polar surface area (TPSA) is 74.8 Å². The fraction of sp³-hybridized carbons (Fsp3) is 0.316. The van der Waals surface area contributed by atoms with Gasteiger partial charge in [-0.25, -0.2) is 4.98 Å². The predicted octanol–water partition coefficient (Wildman–Crippen LogP) is 3.36. The summed E-state index contributed by atoms with van der Waals surface area (Å²) in [6.45, 7) is 2.02. The van der Waals surface area contributed by atoms with Gasteiger partial charge in [-0.05, 0) is 31.6 Å². The van der Waals surface area contributed by atoms with Gasteiger partial charge in [0.1, 0.15) is 5.82 Å². The number of hydrogen-bond donors (Lipinski definition) is 2. The maximum absolute atomic E-state index is 12.8. The van der Waals surface area contributed by atoms with Gasteiger partial charge < -0.3 is 10.3 Å². The van der Waals surface area contributed by atoms with Crippen LogP contribution in [0.25, 0.3) is 0 Å². The van der Waals surface area contributed by atoms with Crippen molar-refractivity contribution in [1.82, 2.24) is 9.97 Å². The zero-order chi connectivity index (χ0) is 17.6. The van der Waals surface area contributed by atoms with Gasteiger partial charge in [-0.1, -0.05) is 41.6 Å². The average Bonchev–Trinajstić information content (AvgIpc) is 2.61. The van der Waals surface area contributed by atoms with Crippen LogP contribution in [-0.4, -0.2) is 22.0 Å². The van der Waals surface area contributed by atoms with Gasteiger partial charge in [-0.2, -0.15) is 0 Å². The van der Waals surface area contributed by atoms with Gasteiger partial charge in [0.15, 0.2) is 10.9 Å². The Labute approximate surface area is 150 Å². The van der Waals surface area contributed by atoms with Crippen LogP contribution in [-0.2, 0) is 4.79 Å². The molecule has 2 aliphatic rings. The number of Topliss-reactive ketones (excluding diaryl/α,β-unsaturated/α-hetero) is 1. The molecule has 0 bridgehead atoms. The van der Waals surface area contributed by atoms with Crippen molar-refractivity contribution in [1.29, 1.82) is 0 Å². The number of carbonyl (C=O) groups is 1. The number of aromatic nitrogens is 2. The highest BCUT2D eigenvalue weighted by molar-refractivity contribution is 7.98. The summed E-state index contributed by atoms with van der Waals surface area (Å²) in [6.07, 6.45) is 4.05. The van der Waals surface area contributed by atoms with Crippen molar-refractivity contribution in [3.05, 3.63) is 62.6 Å². The van der Waals surface area contributed by atoms with E-state index in [0.717, 1.165) is 35.2 Å². The van der Waals surface area contributed by atoms with Crippen LogP contribution in [0.2, 0.25) is 0 Å². The first-order valence-electron chi connectivity index (χ1n) is 8.36. The average molecular weight is 353 g/mol. The van der Waals surface area contributed by atoms with Gasteiger partial charge in [-0.3, -0.25) is 9.59 Å². The van der Waals surface area contributed by atoms with Crippen molar-refractivity contribution in [2.75, 3.05) is 11.6 Å². The first-order valence-corrected chi connectivity index (χ1v) is 9.59. The van der Waals surface area contributed by atoms with Crippen LogP contribution in [0.15, 0.2) is 45.5 Å². The van der Waals surface area contributed by atoms with Gasteiger partial charge in [-0.15, -0.1) is 0 Å². The lowest BCUT2D eigenvalue weighted by Crippen LogP contribution is -2.32. The molecule has 1 aliphatic heterocycles. The molecular weight excluding hydrogens is 334 g/mol. The molecule has 2 aromatic rings. The van der Waals surface area contributed by atoms with Gasteiger partial charge in [0.2, 0.25) is 0 Å². The van der Waals surface area contributed by atoms with Gasteiger partial charge in [0, 0.05) is 23.6 Å². The third kappa shape index (κ3) is 2.70. The summed E-state index contributed by atoms with van der Waals surface area (Å²) in [4.78, 5) is 32.9. The van der Waals surface area contributed by atoms with E-state index in [4.69, 9.17) is 0 Å². The summed E-state index contributed by atoms with van der Waals surface area (Å²) in [7, 11) is 0. The molecule has 5 nitrogen and oxygen atoms in total. The summed E-state index contributed by atoms with van der Waals surface area (Å²) in [5.74, 6) is 0.345. The minimum absolute atomic E-state index is 0.123. The Morgan fingerprint density at radius 2 is 1.92 bits per heavy atom. The maximum Gasteiger partial charge on any atom is 0.257 e. The molecule has 1 aromatic heterocycles. The van der Waals surface area contributed by atoms with Crippen molar-refractivity contribution in [2.24, 2.45) is 0 Å². The Morgan fingerprint density at radius 3 is 2.64 bits per heavy atom. The number of hydrogen-bond acceptors (Lipinski definition) is 5. The standard InChI is InChI=1S/C19H19N3O2S/c1-10-6-8-11(9-7-10)14-15-12(4-3-5-13(15)23)20-17-16(14)18(24)22-19(21-17)25-2/h6-9,14H,3-5H2,1-2H3,(H2,20,21,22,24)/t14-/m0/s1. The highest BCUT2D eigenvalue weighted by Crippen LogP contribution is 2.43. The van der Waals surface area contributed by atoms with Crippen LogP contribution in [0, 0.1) is 6.92 Å². The summed E-state index contributed by atoms with van der Waals surface area (Å²) < 4.78 is 0. The first kappa shape index (κ1) is 16.1. The number of aromatic amines is 1. The molecule has 1 aromatic carbocycles. The molecule has 2 N–H and O–H groups in total. The Kier molecular flexibility index (Phi) is 4.00. The molecule has 128 valence electrons. The monoisotopic (exact) mass is 353 g/mol. The molecule has 4 rings (SSSR count). The molecule has 0 saturated heterocycles. The number of H-pyrrole nitrogens is 1. The molecule has 6 heteroatoms. The Balaban J connectivity index is 1.98. The Bertz CT molecular complexity index is 944. The number of thioether (sulfide) groups is 1. The van der Waals surface area contributed by atoms with Gasteiger partial charge >= 0.3 is 0 Å². The fourth-order valence-corrected chi connectivity index (χ4v) is 4.01. The fourth-order valence-electron chi connectivity index (χ4n) is 3.63. The van der Waals surface area contributed by atoms with Crippen LogP contribution < -0.4 is 10.9 Å². The maximum atomic E-state index is 12.8. The number of rotatable bonds is 2. The molecule has 0 saturated carbocycles. The van der Waals surface area contributed by atoms with E-state index in [-0.39, 0.29) is 17.3 Å². The zero-order valence-electron chi connectivity index (χ0n) is 14.2. The van der Waals surface area contributed by atoms with E-state index < -0.39 is 0 Å². The third-order valence-corrected chi connectivity index (χ3v) is 5.42. The number of anilines is 1. The molecule has 0 amide bonds. The summed E-state index contributed by atoms with van der Waals surface area (Å²) in [6, 6.07) is 8.04. The van der Waals surface area contributed by atoms with E-state index in [2.05, 4.69) is 15.3 Å². The second kappa shape index (κ2) is 6.19. The first-order chi connectivity index (χ1) is 12.1. The second-order valence-electron chi connectivity index (χ2n) is 6.48. The molecule has 25 heavy (non-hydrogen) atoms. The number of nitrogens with zero attached hydrogens (tertiary/aromatic N) is 1. The van der Waals surface area contributed by atoms with E-state index in [0.29, 0.717) is 23.0 Å². The van der Waals surface area contributed by atoms with Crippen LogP contribution in [0.3, 0.4) is 0 Å². The smallest absolute Gasteiger partial charge is 0.257 e. The predicted molar refractivity (Wildman–Crippen MR) is 99.2 cm³/mol. The number of fused-ring (bicyclic) bond motifs is 1. The van der Waals surface area contributed by atoms with Crippen molar-refractivity contribution in [3.63, 3.8) is 0 Å². The van der Waals surface area contributed by atoms with Gasteiger partial charge in [0.25, 0.3) is 5.56 Å². The minimum atomic E-state index is -0.355. The lowest BCUT2D eigenvalue weighted by molar-refractivity contribution is -0.116. The number of ketones is 1. The van der Waals surface area contributed by atoms with Crippen molar-refractivity contribution < 1.29 is 4.79 Å². The number of benzene rings is 1.